The lowest BCUT2D eigenvalue weighted by Gasteiger charge is -2.04. The lowest BCUT2D eigenvalue weighted by molar-refractivity contribution is 0.469. The zero-order valence-electron chi connectivity index (χ0n) is 15.9. The molecule has 0 bridgehead atoms. The molecule has 0 aliphatic heterocycles. The van der Waals surface area contributed by atoms with E-state index in [0.29, 0.717) is 28.2 Å². The number of hydrogen-bond donors (Lipinski definition) is 4. The van der Waals surface area contributed by atoms with Crippen molar-refractivity contribution in [1.82, 2.24) is 35.3 Å². The van der Waals surface area contributed by atoms with Gasteiger partial charge in [-0.15, -0.1) is 0 Å². The van der Waals surface area contributed by atoms with Crippen molar-refractivity contribution in [2.24, 2.45) is 0 Å². The van der Waals surface area contributed by atoms with E-state index in [4.69, 9.17) is 4.98 Å². The van der Waals surface area contributed by atoms with Crippen molar-refractivity contribution in [3.8, 4) is 39.7 Å². The quantitative estimate of drug-likeness (QED) is 0.344. The molecule has 6 aromatic rings. The molecule has 2 aromatic carbocycles. The first kappa shape index (κ1) is 17.3. The maximum atomic E-state index is 13.9. The Bertz CT molecular complexity index is 1550. The number of para-hydroxylation sites is 1. The van der Waals surface area contributed by atoms with Gasteiger partial charge in [0.15, 0.2) is 5.82 Å². The van der Waals surface area contributed by atoms with E-state index in [-0.39, 0.29) is 5.75 Å². The van der Waals surface area contributed by atoms with Crippen LogP contribution in [0.2, 0.25) is 0 Å². The Morgan fingerprint density at radius 3 is 2.74 bits per heavy atom. The molecular formula is C22H14FN7O. The van der Waals surface area contributed by atoms with E-state index >= 15 is 0 Å². The molecule has 0 saturated heterocycles. The fourth-order valence-corrected chi connectivity index (χ4v) is 3.75. The van der Waals surface area contributed by atoms with E-state index in [1.165, 1.54) is 12.1 Å². The number of aromatic amines is 3. The molecule has 4 aromatic heterocycles. The van der Waals surface area contributed by atoms with Crippen LogP contribution in [-0.2, 0) is 0 Å². The lowest BCUT2D eigenvalue weighted by atomic mass is 10.0. The van der Waals surface area contributed by atoms with Gasteiger partial charge in [-0.05, 0) is 29.8 Å². The summed E-state index contributed by atoms with van der Waals surface area (Å²) in [4.78, 5) is 12.5. The standard InChI is InChI=1S/C22H14FN7O/c23-13-4-11(5-14(31)6-13)15-2-1-3-17-20(15)28-22(27-17)21-16-7-18(12-8-25-26-9-12)24-10-19(16)29-30-21/h1-10,31H,(H,25,26)(H,27,28)(H,29,30). The van der Waals surface area contributed by atoms with Gasteiger partial charge >= 0.3 is 0 Å². The van der Waals surface area contributed by atoms with Crippen molar-refractivity contribution in [1.29, 1.82) is 0 Å². The number of aromatic hydroxyl groups is 1. The Hall–Kier alpha value is -4.53. The second-order valence-corrected chi connectivity index (χ2v) is 7.16. The summed E-state index contributed by atoms with van der Waals surface area (Å²) >= 11 is 0. The van der Waals surface area contributed by atoms with Gasteiger partial charge in [-0.1, -0.05) is 12.1 Å². The summed E-state index contributed by atoms with van der Waals surface area (Å²) < 4.78 is 13.9. The van der Waals surface area contributed by atoms with Crippen molar-refractivity contribution in [2.45, 2.75) is 0 Å². The van der Waals surface area contributed by atoms with Crippen molar-refractivity contribution in [3.63, 3.8) is 0 Å². The normalized spacial score (nSPS) is 11.5. The number of H-pyrrole nitrogens is 3. The van der Waals surface area contributed by atoms with E-state index in [1.807, 2.05) is 24.3 Å². The molecule has 6 rings (SSSR count). The maximum Gasteiger partial charge on any atom is 0.159 e. The van der Waals surface area contributed by atoms with Gasteiger partial charge in [0.1, 0.15) is 17.3 Å². The monoisotopic (exact) mass is 411 g/mol. The van der Waals surface area contributed by atoms with Crippen LogP contribution in [0.5, 0.6) is 5.75 Å². The van der Waals surface area contributed by atoms with E-state index in [2.05, 4.69) is 30.4 Å². The zero-order valence-corrected chi connectivity index (χ0v) is 15.9. The third-order valence-corrected chi connectivity index (χ3v) is 5.17. The number of imidazole rings is 1. The molecule has 0 radical (unpaired) electrons. The molecule has 0 fully saturated rings. The number of nitrogens with one attached hydrogen (secondary N) is 3. The SMILES string of the molecule is Oc1cc(F)cc(-c2cccc3[nH]c(-c4n[nH]c5cnc(-c6cn[nH]c6)cc45)nc23)c1. The average Bonchev–Trinajstić information content (AvgIpc) is 3.50. The number of nitrogens with zero attached hydrogens (tertiary/aromatic N) is 4. The number of benzene rings is 2. The van der Waals surface area contributed by atoms with Crippen molar-refractivity contribution < 1.29 is 9.50 Å². The molecule has 8 nitrogen and oxygen atoms in total. The van der Waals surface area contributed by atoms with Crippen LogP contribution in [0.15, 0.2) is 61.1 Å². The fraction of sp³-hybridized carbons (Fsp3) is 0. The number of fused-ring (bicyclic) bond motifs is 2. The topological polar surface area (TPSA) is 119 Å². The molecule has 0 aliphatic rings. The molecule has 0 spiro atoms. The summed E-state index contributed by atoms with van der Waals surface area (Å²) in [7, 11) is 0. The number of rotatable bonds is 3. The van der Waals surface area contributed by atoms with Crippen LogP contribution in [0.1, 0.15) is 0 Å². The summed E-state index contributed by atoms with van der Waals surface area (Å²) in [5, 5.41) is 24.8. The van der Waals surface area contributed by atoms with Crippen molar-refractivity contribution in [3.05, 3.63) is 66.9 Å². The summed E-state index contributed by atoms with van der Waals surface area (Å²) in [6, 6.07) is 11.5. The van der Waals surface area contributed by atoms with E-state index < -0.39 is 5.82 Å². The Kier molecular flexibility index (Phi) is 3.63. The van der Waals surface area contributed by atoms with Gasteiger partial charge in [-0.3, -0.25) is 15.2 Å². The Balaban J connectivity index is 1.53. The second-order valence-electron chi connectivity index (χ2n) is 7.16. The molecule has 0 amide bonds. The van der Waals surface area contributed by atoms with E-state index in [9.17, 15) is 9.50 Å². The smallest absolute Gasteiger partial charge is 0.159 e. The first-order valence-electron chi connectivity index (χ1n) is 9.48. The molecule has 4 heterocycles. The fourth-order valence-electron chi connectivity index (χ4n) is 3.75. The van der Waals surface area contributed by atoms with Crippen molar-refractivity contribution in [2.75, 3.05) is 0 Å². The molecule has 0 saturated carbocycles. The van der Waals surface area contributed by atoms with Crippen LogP contribution in [0.4, 0.5) is 4.39 Å². The Morgan fingerprint density at radius 2 is 1.90 bits per heavy atom. The predicted octanol–water partition coefficient (Wildman–Crippen LogP) is 4.40. The minimum absolute atomic E-state index is 0.139. The van der Waals surface area contributed by atoms with Crippen LogP contribution in [-0.4, -0.2) is 40.5 Å². The van der Waals surface area contributed by atoms with Gasteiger partial charge < -0.3 is 10.1 Å². The number of halogens is 1. The lowest BCUT2D eigenvalue weighted by Crippen LogP contribution is -1.84. The molecular weight excluding hydrogens is 397 g/mol. The summed E-state index contributed by atoms with van der Waals surface area (Å²) in [5.41, 5.74) is 5.72. The molecule has 150 valence electrons. The van der Waals surface area contributed by atoms with Crippen LogP contribution in [0.25, 0.3) is 55.8 Å². The summed E-state index contributed by atoms with van der Waals surface area (Å²) in [5.74, 6) is -0.0839. The van der Waals surface area contributed by atoms with Crippen LogP contribution in [0, 0.1) is 5.82 Å². The highest BCUT2D eigenvalue weighted by Crippen LogP contribution is 2.33. The summed E-state index contributed by atoms with van der Waals surface area (Å²) in [6.45, 7) is 0. The highest BCUT2D eigenvalue weighted by Gasteiger charge is 2.16. The third-order valence-electron chi connectivity index (χ3n) is 5.17. The largest absolute Gasteiger partial charge is 0.508 e. The number of hydrogen-bond acceptors (Lipinski definition) is 5. The van der Waals surface area contributed by atoms with E-state index in [0.717, 1.165) is 33.7 Å². The third kappa shape index (κ3) is 2.83. The van der Waals surface area contributed by atoms with Crippen LogP contribution < -0.4 is 0 Å². The van der Waals surface area contributed by atoms with Gasteiger partial charge in [0.25, 0.3) is 0 Å². The van der Waals surface area contributed by atoms with Crippen LogP contribution in [0.3, 0.4) is 0 Å². The molecule has 31 heavy (non-hydrogen) atoms. The highest BCUT2D eigenvalue weighted by atomic mass is 19.1. The number of aromatic nitrogens is 7. The molecule has 0 unspecified atom stereocenters. The highest BCUT2D eigenvalue weighted by molar-refractivity contribution is 5.97. The predicted molar refractivity (Wildman–Crippen MR) is 114 cm³/mol. The Morgan fingerprint density at radius 1 is 0.968 bits per heavy atom. The molecule has 0 atom stereocenters. The van der Waals surface area contributed by atoms with Gasteiger partial charge in [0.2, 0.25) is 0 Å². The van der Waals surface area contributed by atoms with Gasteiger partial charge in [0.05, 0.1) is 34.6 Å². The number of pyridine rings is 1. The van der Waals surface area contributed by atoms with Gasteiger partial charge in [-0.2, -0.15) is 10.2 Å². The number of phenolic OH excluding ortho intramolecular Hbond substituents is 1. The van der Waals surface area contributed by atoms with Gasteiger partial charge in [-0.25, -0.2) is 9.37 Å². The molecule has 0 aliphatic carbocycles. The second kappa shape index (κ2) is 6.49. The zero-order chi connectivity index (χ0) is 20.9. The Labute approximate surface area is 173 Å². The van der Waals surface area contributed by atoms with Gasteiger partial charge in [0, 0.05) is 28.8 Å². The minimum atomic E-state index is -0.514. The van der Waals surface area contributed by atoms with Crippen molar-refractivity contribution >= 4 is 21.9 Å². The molecule has 4 N–H and O–H groups in total. The minimum Gasteiger partial charge on any atom is -0.508 e. The van der Waals surface area contributed by atoms with Crippen LogP contribution >= 0.6 is 0 Å². The maximum absolute atomic E-state index is 13.9. The first-order valence-corrected chi connectivity index (χ1v) is 9.48. The summed E-state index contributed by atoms with van der Waals surface area (Å²) in [6.07, 6.45) is 5.20. The molecule has 9 heteroatoms. The average molecular weight is 411 g/mol. The first-order chi connectivity index (χ1) is 15.2. The number of phenols is 1. The van der Waals surface area contributed by atoms with E-state index in [1.54, 1.807) is 18.6 Å².